The molecule has 0 aliphatic carbocycles. The van der Waals surface area contributed by atoms with Gasteiger partial charge in [-0.05, 0) is 47.4 Å². The maximum Gasteiger partial charge on any atom is 0.320 e. The van der Waals surface area contributed by atoms with Gasteiger partial charge in [0.05, 0.1) is 5.75 Å². The quantitative estimate of drug-likeness (QED) is 0.248. The van der Waals surface area contributed by atoms with Crippen molar-refractivity contribution < 1.29 is 25.2 Å². The standard InChI is InChI=1S/C30H29NO6S2/c32-38(33,36-27-15-6-2-7-16-27)21-20-30(39(34,35)37-28-17-8-3-9-18-28)24-31(22-25-12-4-1-5-13-25)23-26-14-10-11-19-29(26)30/h1-19H,20-24H2. The van der Waals surface area contributed by atoms with Crippen molar-refractivity contribution in [2.45, 2.75) is 24.3 Å². The summed E-state index contributed by atoms with van der Waals surface area (Å²) < 4.78 is 64.0. The van der Waals surface area contributed by atoms with E-state index >= 15 is 0 Å². The van der Waals surface area contributed by atoms with Crippen molar-refractivity contribution in [1.29, 1.82) is 0 Å². The molecular weight excluding hydrogens is 534 g/mol. The van der Waals surface area contributed by atoms with Gasteiger partial charge in [0.1, 0.15) is 16.2 Å². The third-order valence-corrected chi connectivity index (χ3v) is 9.85. The van der Waals surface area contributed by atoms with Gasteiger partial charge in [0.2, 0.25) is 0 Å². The van der Waals surface area contributed by atoms with Crippen molar-refractivity contribution in [3.8, 4) is 11.5 Å². The fraction of sp³-hybridized carbons (Fsp3) is 0.200. The van der Waals surface area contributed by atoms with E-state index in [1.165, 1.54) is 0 Å². The first-order chi connectivity index (χ1) is 18.8. The Labute approximate surface area is 229 Å². The molecule has 9 heteroatoms. The molecule has 0 spiro atoms. The molecule has 0 bridgehead atoms. The van der Waals surface area contributed by atoms with Gasteiger partial charge in [-0.3, -0.25) is 4.90 Å². The van der Waals surface area contributed by atoms with Crippen molar-refractivity contribution in [1.82, 2.24) is 4.90 Å². The van der Waals surface area contributed by atoms with Gasteiger partial charge in [-0.25, -0.2) is 0 Å². The van der Waals surface area contributed by atoms with Gasteiger partial charge >= 0.3 is 20.2 Å². The maximum atomic E-state index is 14.2. The summed E-state index contributed by atoms with van der Waals surface area (Å²) in [5.74, 6) is -0.185. The molecule has 0 N–H and O–H groups in total. The summed E-state index contributed by atoms with van der Waals surface area (Å²) in [5, 5.41) is 0. The van der Waals surface area contributed by atoms with Crippen molar-refractivity contribution in [3.05, 3.63) is 132 Å². The Bertz CT molecular complexity index is 1610. The van der Waals surface area contributed by atoms with Gasteiger partial charge in [-0.15, -0.1) is 0 Å². The average Bonchev–Trinajstić information content (AvgIpc) is 2.93. The van der Waals surface area contributed by atoms with E-state index in [0.29, 0.717) is 18.7 Å². The molecule has 202 valence electrons. The summed E-state index contributed by atoms with van der Waals surface area (Å²) >= 11 is 0. The van der Waals surface area contributed by atoms with Crippen molar-refractivity contribution >= 4 is 20.2 Å². The van der Waals surface area contributed by atoms with Crippen LogP contribution >= 0.6 is 0 Å². The molecule has 0 aromatic heterocycles. The molecule has 4 aromatic carbocycles. The lowest BCUT2D eigenvalue weighted by molar-refractivity contribution is 0.195. The molecule has 0 fully saturated rings. The second-order valence-electron chi connectivity index (χ2n) is 9.54. The fourth-order valence-electron chi connectivity index (χ4n) is 4.99. The molecule has 39 heavy (non-hydrogen) atoms. The normalized spacial score (nSPS) is 17.7. The monoisotopic (exact) mass is 563 g/mol. The lowest BCUT2D eigenvalue weighted by atomic mass is 9.86. The van der Waals surface area contributed by atoms with Gasteiger partial charge in [0, 0.05) is 19.6 Å². The predicted octanol–water partition coefficient (Wildman–Crippen LogP) is 5.11. The van der Waals surface area contributed by atoms with Crippen molar-refractivity contribution in [2.24, 2.45) is 0 Å². The zero-order valence-corrected chi connectivity index (χ0v) is 22.9. The van der Waals surface area contributed by atoms with Gasteiger partial charge in [-0.1, -0.05) is 91.0 Å². The van der Waals surface area contributed by atoms with Crippen LogP contribution in [0, 0.1) is 0 Å². The second-order valence-corrected chi connectivity index (χ2v) is 13.1. The van der Waals surface area contributed by atoms with Crippen LogP contribution in [0.25, 0.3) is 0 Å². The molecule has 1 unspecified atom stereocenters. The van der Waals surface area contributed by atoms with Crippen LogP contribution in [-0.4, -0.2) is 34.0 Å². The molecule has 1 atom stereocenters. The van der Waals surface area contributed by atoms with Crippen LogP contribution in [0.3, 0.4) is 0 Å². The summed E-state index contributed by atoms with van der Waals surface area (Å²) in [5.41, 5.74) is 2.37. The van der Waals surface area contributed by atoms with Crippen LogP contribution in [0.15, 0.2) is 115 Å². The average molecular weight is 564 g/mol. The Kier molecular flexibility index (Phi) is 7.74. The number of para-hydroxylation sites is 2. The van der Waals surface area contributed by atoms with Crippen LogP contribution in [-0.2, 0) is 38.1 Å². The lowest BCUT2D eigenvalue weighted by Crippen LogP contribution is -2.52. The molecule has 5 rings (SSSR count). The summed E-state index contributed by atoms with van der Waals surface area (Å²) in [7, 11) is -8.52. The van der Waals surface area contributed by atoms with Crippen LogP contribution in [0.4, 0.5) is 0 Å². The summed E-state index contributed by atoms with van der Waals surface area (Å²) in [6.45, 7) is 1.06. The Morgan fingerprint density at radius 2 is 1.21 bits per heavy atom. The Hall–Kier alpha value is -3.66. The van der Waals surface area contributed by atoms with Crippen LogP contribution in [0.5, 0.6) is 11.5 Å². The largest absolute Gasteiger partial charge is 0.382 e. The molecule has 0 amide bonds. The molecule has 4 aromatic rings. The Balaban J connectivity index is 1.55. The Morgan fingerprint density at radius 3 is 1.85 bits per heavy atom. The first-order valence-electron chi connectivity index (χ1n) is 12.6. The van der Waals surface area contributed by atoms with Crippen LogP contribution in [0.2, 0.25) is 0 Å². The van der Waals surface area contributed by atoms with E-state index < -0.39 is 30.7 Å². The van der Waals surface area contributed by atoms with E-state index in [-0.39, 0.29) is 24.5 Å². The zero-order valence-electron chi connectivity index (χ0n) is 21.2. The number of benzene rings is 4. The highest BCUT2D eigenvalue weighted by atomic mass is 32.2. The molecule has 7 nitrogen and oxygen atoms in total. The highest BCUT2D eigenvalue weighted by Crippen LogP contribution is 2.43. The van der Waals surface area contributed by atoms with E-state index in [0.717, 1.165) is 11.1 Å². The molecule has 0 saturated heterocycles. The molecule has 0 saturated carbocycles. The van der Waals surface area contributed by atoms with E-state index in [1.54, 1.807) is 72.8 Å². The third kappa shape index (κ3) is 6.16. The number of hydrogen-bond acceptors (Lipinski definition) is 7. The number of hydrogen-bond donors (Lipinski definition) is 0. The lowest BCUT2D eigenvalue weighted by Gasteiger charge is -2.42. The predicted molar refractivity (Wildman–Crippen MR) is 150 cm³/mol. The minimum absolute atomic E-state index is 0.0505. The fourth-order valence-corrected chi connectivity index (χ4v) is 7.89. The minimum atomic E-state index is -4.39. The molecule has 1 aliphatic rings. The smallest absolute Gasteiger partial charge is 0.320 e. The van der Waals surface area contributed by atoms with Gasteiger partial charge in [0.25, 0.3) is 0 Å². The van der Waals surface area contributed by atoms with E-state index in [2.05, 4.69) is 0 Å². The second kappa shape index (κ2) is 11.2. The van der Waals surface area contributed by atoms with Gasteiger partial charge < -0.3 is 8.37 Å². The SMILES string of the molecule is O=S(=O)(CCC1(S(=O)(=O)Oc2ccccc2)CN(Cc2ccccc2)Cc2ccccc21)Oc1ccccc1. The number of rotatable bonds is 10. The Morgan fingerprint density at radius 1 is 0.667 bits per heavy atom. The third-order valence-electron chi connectivity index (χ3n) is 6.78. The highest BCUT2D eigenvalue weighted by Gasteiger charge is 2.52. The summed E-state index contributed by atoms with van der Waals surface area (Å²) in [6, 6.07) is 33.5. The minimum Gasteiger partial charge on any atom is -0.382 e. The van der Waals surface area contributed by atoms with Crippen molar-refractivity contribution in [3.63, 3.8) is 0 Å². The number of fused-ring (bicyclic) bond motifs is 1. The van der Waals surface area contributed by atoms with Gasteiger partial charge in [0.15, 0.2) is 0 Å². The van der Waals surface area contributed by atoms with Crippen LogP contribution in [0.1, 0.15) is 23.1 Å². The molecule has 1 aliphatic heterocycles. The highest BCUT2D eigenvalue weighted by molar-refractivity contribution is 7.88. The summed E-state index contributed by atoms with van der Waals surface area (Å²) in [4.78, 5) is 2.02. The van der Waals surface area contributed by atoms with Gasteiger partial charge in [-0.2, -0.15) is 16.8 Å². The van der Waals surface area contributed by atoms with E-state index in [1.807, 2.05) is 47.4 Å². The maximum absolute atomic E-state index is 14.2. The first kappa shape index (κ1) is 26.9. The van der Waals surface area contributed by atoms with Crippen LogP contribution < -0.4 is 8.37 Å². The zero-order chi connectivity index (χ0) is 27.3. The van der Waals surface area contributed by atoms with E-state index in [9.17, 15) is 16.8 Å². The molecule has 0 radical (unpaired) electrons. The number of nitrogens with zero attached hydrogens (tertiary/aromatic N) is 1. The summed E-state index contributed by atoms with van der Waals surface area (Å²) in [6.07, 6.45) is -0.250. The topological polar surface area (TPSA) is 90.0 Å². The molecule has 1 heterocycles. The first-order valence-corrected chi connectivity index (χ1v) is 15.6. The van der Waals surface area contributed by atoms with Crippen molar-refractivity contribution in [2.75, 3.05) is 12.3 Å². The molecular formula is C30H29NO6S2. The van der Waals surface area contributed by atoms with E-state index in [4.69, 9.17) is 8.37 Å².